The molecule has 0 amide bonds. The zero-order chi connectivity index (χ0) is 15.5. The van der Waals surface area contributed by atoms with Gasteiger partial charge in [0.15, 0.2) is 11.5 Å². The molecule has 1 aliphatic heterocycles. The maximum atomic E-state index is 13.8. The van der Waals surface area contributed by atoms with Gasteiger partial charge in [0, 0.05) is 29.7 Å². The van der Waals surface area contributed by atoms with Crippen LogP contribution in [0.2, 0.25) is 5.02 Å². The molecule has 0 radical (unpaired) electrons. The number of halogens is 2. The van der Waals surface area contributed by atoms with E-state index in [0.717, 1.165) is 13.1 Å². The van der Waals surface area contributed by atoms with Gasteiger partial charge in [0.25, 0.3) is 0 Å². The Balaban J connectivity index is 1.80. The number of ether oxygens (including phenoxy) is 2. The van der Waals surface area contributed by atoms with Crippen molar-refractivity contribution in [2.45, 2.75) is 19.1 Å². The van der Waals surface area contributed by atoms with Crippen LogP contribution >= 0.6 is 11.6 Å². The number of hydrogen-bond donors (Lipinski definition) is 1. The lowest BCUT2D eigenvalue weighted by Gasteiger charge is -2.29. The zero-order valence-corrected chi connectivity index (χ0v) is 12.9. The van der Waals surface area contributed by atoms with Crippen LogP contribution in [-0.2, 0) is 0 Å². The average molecular weight is 322 g/mol. The Morgan fingerprint density at radius 2 is 1.95 bits per heavy atom. The fraction of sp³-hybridized carbons (Fsp3) is 0.294. The fourth-order valence-corrected chi connectivity index (χ4v) is 2.42. The van der Waals surface area contributed by atoms with E-state index in [2.05, 4.69) is 5.32 Å². The maximum absolute atomic E-state index is 13.8. The third-order valence-corrected chi connectivity index (χ3v) is 3.83. The summed E-state index contributed by atoms with van der Waals surface area (Å²) < 4.78 is 25.6. The lowest BCUT2D eigenvalue weighted by atomic mass is 10.1. The predicted octanol–water partition coefficient (Wildman–Crippen LogP) is 3.97. The Labute approximate surface area is 134 Å². The van der Waals surface area contributed by atoms with Gasteiger partial charge in [-0.3, -0.25) is 0 Å². The molecule has 2 aromatic carbocycles. The monoisotopic (exact) mass is 321 g/mol. The Bertz CT molecular complexity index is 661. The van der Waals surface area contributed by atoms with Gasteiger partial charge in [0.1, 0.15) is 18.0 Å². The molecule has 0 bridgehead atoms. The highest BCUT2D eigenvalue weighted by Gasteiger charge is 2.21. The van der Waals surface area contributed by atoms with Gasteiger partial charge in [0.05, 0.1) is 0 Å². The van der Waals surface area contributed by atoms with Crippen LogP contribution in [0.3, 0.4) is 0 Å². The van der Waals surface area contributed by atoms with E-state index in [1.165, 1.54) is 6.07 Å². The predicted molar refractivity (Wildman–Crippen MR) is 84.2 cm³/mol. The Kier molecular flexibility index (Phi) is 4.50. The van der Waals surface area contributed by atoms with Crippen LogP contribution in [0, 0.1) is 5.82 Å². The van der Waals surface area contributed by atoms with E-state index in [-0.39, 0.29) is 11.9 Å². The molecule has 0 spiro atoms. The van der Waals surface area contributed by atoms with Crippen LogP contribution in [0.15, 0.2) is 42.5 Å². The molecular weight excluding hydrogens is 305 g/mol. The van der Waals surface area contributed by atoms with Gasteiger partial charge < -0.3 is 14.8 Å². The van der Waals surface area contributed by atoms with E-state index in [1.54, 1.807) is 36.4 Å². The van der Waals surface area contributed by atoms with Crippen molar-refractivity contribution in [1.82, 2.24) is 5.32 Å². The highest BCUT2D eigenvalue weighted by Crippen LogP contribution is 2.35. The number of benzene rings is 2. The fourth-order valence-electron chi connectivity index (χ4n) is 2.26. The zero-order valence-electron chi connectivity index (χ0n) is 12.2. The normalized spacial score (nSPS) is 16.0. The molecule has 116 valence electrons. The SMILES string of the molecule is CC(Oc1ccc(Cl)cc1OC1CNC1)c1ccccc1F. The second-order valence-corrected chi connectivity index (χ2v) is 5.71. The molecular formula is C17H17ClFNO2. The standard InChI is InChI=1S/C17H17ClFNO2/c1-11(14-4-2-3-5-15(14)19)21-16-7-6-12(18)8-17(16)22-13-9-20-10-13/h2-8,11,13,20H,9-10H2,1H3. The van der Waals surface area contributed by atoms with Crippen LogP contribution in [0.25, 0.3) is 0 Å². The summed E-state index contributed by atoms with van der Waals surface area (Å²) in [5.74, 6) is 0.865. The minimum atomic E-state index is -0.427. The molecule has 2 aromatic rings. The first-order valence-electron chi connectivity index (χ1n) is 7.21. The summed E-state index contributed by atoms with van der Waals surface area (Å²) in [6, 6.07) is 11.8. The third-order valence-electron chi connectivity index (χ3n) is 3.59. The summed E-state index contributed by atoms with van der Waals surface area (Å²) >= 11 is 6.03. The van der Waals surface area contributed by atoms with Crippen LogP contribution in [0.1, 0.15) is 18.6 Å². The highest BCUT2D eigenvalue weighted by atomic mass is 35.5. The summed E-state index contributed by atoms with van der Waals surface area (Å²) in [7, 11) is 0. The van der Waals surface area contributed by atoms with Crippen LogP contribution in [0.5, 0.6) is 11.5 Å². The molecule has 1 atom stereocenters. The summed E-state index contributed by atoms with van der Waals surface area (Å²) in [6.45, 7) is 3.41. The van der Waals surface area contributed by atoms with Crippen LogP contribution < -0.4 is 14.8 Å². The molecule has 0 aliphatic carbocycles. The largest absolute Gasteiger partial charge is 0.484 e. The molecule has 3 rings (SSSR count). The second-order valence-electron chi connectivity index (χ2n) is 5.27. The summed E-state index contributed by atoms with van der Waals surface area (Å²) in [6.07, 6.45) is -0.311. The van der Waals surface area contributed by atoms with Crippen molar-refractivity contribution < 1.29 is 13.9 Å². The summed E-state index contributed by atoms with van der Waals surface area (Å²) in [5, 5.41) is 3.72. The Morgan fingerprint density at radius 1 is 1.18 bits per heavy atom. The first-order valence-corrected chi connectivity index (χ1v) is 7.59. The van der Waals surface area contributed by atoms with Crippen molar-refractivity contribution in [1.29, 1.82) is 0 Å². The second kappa shape index (κ2) is 6.55. The first kappa shape index (κ1) is 15.1. The number of nitrogens with one attached hydrogen (secondary N) is 1. The van der Waals surface area contributed by atoms with Gasteiger partial charge in [0.2, 0.25) is 0 Å². The van der Waals surface area contributed by atoms with E-state index in [1.807, 2.05) is 6.92 Å². The van der Waals surface area contributed by atoms with Gasteiger partial charge in [-0.05, 0) is 25.1 Å². The average Bonchev–Trinajstić information content (AvgIpc) is 2.46. The number of rotatable bonds is 5. The maximum Gasteiger partial charge on any atom is 0.163 e. The molecule has 1 saturated heterocycles. The Hall–Kier alpha value is -1.78. The van der Waals surface area contributed by atoms with Crippen molar-refractivity contribution in [3.63, 3.8) is 0 Å². The van der Waals surface area contributed by atoms with E-state index < -0.39 is 6.10 Å². The molecule has 0 aromatic heterocycles. The quantitative estimate of drug-likeness (QED) is 0.904. The summed E-state index contributed by atoms with van der Waals surface area (Å²) in [4.78, 5) is 0. The van der Waals surface area contributed by atoms with Crippen molar-refractivity contribution in [3.05, 3.63) is 58.9 Å². The van der Waals surface area contributed by atoms with Gasteiger partial charge in [-0.15, -0.1) is 0 Å². The molecule has 1 fully saturated rings. The van der Waals surface area contributed by atoms with E-state index >= 15 is 0 Å². The number of hydrogen-bond acceptors (Lipinski definition) is 3. The summed E-state index contributed by atoms with van der Waals surface area (Å²) in [5.41, 5.74) is 0.508. The smallest absolute Gasteiger partial charge is 0.163 e. The highest BCUT2D eigenvalue weighted by molar-refractivity contribution is 6.30. The van der Waals surface area contributed by atoms with Crippen molar-refractivity contribution in [2.75, 3.05) is 13.1 Å². The van der Waals surface area contributed by atoms with Crippen molar-refractivity contribution >= 4 is 11.6 Å². The van der Waals surface area contributed by atoms with E-state index in [0.29, 0.717) is 22.1 Å². The minimum Gasteiger partial charge on any atom is -0.484 e. The molecule has 0 saturated carbocycles. The first-order chi connectivity index (χ1) is 10.6. The van der Waals surface area contributed by atoms with Crippen molar-refractivity contribution in [3.8, 4) is 11.5 Å². The van der Waals surface area contributed by atoms with Gasteiger partial charge in [-0.2, -0.15) is 0 Å². The van der Waals surface area contributed by atoms with E-state index in [9.17, 15) is 4.39 Å². The van der Waals surface area contributed by atoms with Crippen LogP contribution in [-0.4, -0.2) is 19.2 Å². The molecule has 1 aliphatic rings. The molecule has 5 heteroatoms. The van der Waals surface area contributed by atoms with E-state index in [4.69, 9.17) is 21.1 Å². The lowest BCUT2D eigenvalue weighted by molar-refractivity contribution is 0.129. The molecule has 22 heavy (non-hydrogen) atoms. The van der Waals surface area contributed by atoms with Gasteiger partial charge >= 0.3 is 0 Å². The topological polar surface area (TPSA) is 30.5 Å². The lowest BCUT2D eigenvalue weighted by Crippen LogP contribution is -2.50. The molecule has 1 N–H and O–H groups in total. The molecule has 1 unspecified atom stereocenters. The Morgan fingerprint density at radius 3 is 2.64 bits per heavy atom. The third kappa shape index (κ3) is 3.34. The van der Waals surface area contributed by atoms with Crippen molar-refractivity contribution in [2.24, 2.45) is 0 Å². The van der Waals surface area contributed by atoms with Gasteiger partial charge in [-0.1, -0.05) is 29.8 Å². The van der Waals surface area contributed by atoms with Gasteiger partial charge in [-0.25, -0.2) is 4.39 Å². The molecule has 3 nitrogen and oxygen atoms in total. The van der Waals surface area contributed by atoms with Crippen LogP contribution in [0.4, 0.5) is 4.39 Å². The molecule has 1 heterocycles. The minimum absolute atomic E-state index is 0.115.